The molecule has 2 heterocycles. The molecule has 1 aromatic rings. The summed E-state index contributed by atoms with van der Waals surface area (Å²) in [6.45, 7) is 1.49. The Hall–Kier alpha value is -1.17. The maximum atomic E-state index is 12.0. The molecule has 2 atom stereocenters. The van der Waals surface area contributed by atoms with Gasteiger partial charge in [0.1, 0.15) is 12.1 Å². The lowest BCUT2D eigenvalue weighted by Gasteiger charge is -2.23. The second-order valence-electron chi connectivity index (χ2n) is 4.28. The predicted molar refractivity (Wildman–Crippen MR) is 70.2 cm³/mol. The Morgan fingerprint density at radius 2 is 1.89 bits per heavy atom. The summed E-state index contributed by atoms with van der Waals surface area (Å²) in [5.41, 5.74) is 6.44. The van der Waals surface area contributed by atoms with Gasteiger partial charge in [-0.15, -0.1) is 12.4 Å². The molecule has 0 saturated carbocycles. The normalized spacial score (nSPS) is 18.0. The number of carbonyl (C=O) groups is 1. The number of aliphatic hydroxyl groups excluding tert-OH is 1. The Morgan fingerprint density at radius 3 is 2.44 bits per heavy atom. The third-order valence-corrected chi connectivity index (χ3v) is 3.09. The number of carbonyl (C=O) groups excluding carboxylic acids is 1. The zero-order valence-electron chi connectivity index (χ0n) is 10.0. The fraction of sp³-hybridized carbons (Fsp3) is 0.500. The van der Waals surface area contributed by atoms with Crippen LogP contribution in [0.25, 0.3) is 0 Å². The van der Waals surface area contributed by atoms with E-state index in [1.165, 1.54) is 0 Å². The van der Waals surface area contributed by atoms with E-state index in [0.717, 1.165) is 25.9 Å². The summed E-state index contributed by atoms with van der Waals surface area (Å²) in [5, 5.41) is 10.0. The van der Waals surface area contributed by atoms with Crippen molar-refractivity contribution in [3.8, 4) is 0 Å². The summed E-state index contributed by atoms with van der Waals surface area (Å²) < 4.78 is 0. The number of nitrogens with two attached hydrogens (primary N) is 1. The van der Waals surface area contributed by atoms with Crippen molar-refractivity contribution >= 4 is 18.3 Å². The summed E-state index contributed by atoms with van der Waals surface area (Å²) >= 11 is 0. The number of nitrogens with zero attached hydrogens (tertiary/aromatic N) is 2. The van der Waals surface area contributed by atoms with Crippen LogP contribution in [0.15, 0.2) is 24.5 Å². The summed E-state index contributed by atoms with van der Waals surface area (Å²) in [6, 6.07) is 2.44. The summed E-state index contributed by atoms with van der Waals surface area (Å²) in [7, 11) is 0. The van der Waals surface area contributed by atoms with Crippen molar-refractivity contribution in [3.05, 3.63) is 30.1 Å². The third kappa shape index (κ3) is 3.19. The van der Waals surface area contributed by atoms with Crippen LogP contribution in [0.2, 0.25) is 0 Å². The molecule has 1 aliphatic rings. The molecule has 100 valence electrons. The van der Waals surface area contributed by atoms with Gasteiger partial charge in [-0.25, -0.2) is 0 Å². The molecule has 1 aromatic heterocycles. The van der Waals surface area contributed by atoms with Crippen LogP contribution in [0.1, 0.15) is 24.5 Å². The molecule has 0 aromatic carbocycles. The molecule has 1 fully saturated rings. The molecular weight excluding hydrogens is 254 g/mol. The minimum atomic E-state index is -0.967. The minimum absolute atomic E-state index is 0. The lowest BCUT2D eigenvalue weighted by Crippen LogP contribution is -2.45. The van der Waals surface area contributed by atoms with E-state index in [2.05, 4.69) is 4.98 Å². The number of hydrogen-bond acceptors (Lipinski definition) is 4. The molecule has 5 nitrogen and oxygen atoms in total. The quantitative estimate of drug-likeness (QED) is 0.838. The number of aliphatic hydroxyl groups is 1. The van der Waals surface area contributed by atoms with Gasteiger partial charge in [-0.2, -0.15) is 0 Å². The van der Waals surface area contributed by atoms with E-state index in [0.29, 0.717) is 5.56 Å². The fourth-order valence-corrected chi connectivity index (χ4v) is 2.05. The van der Waals surface area contributed by atoms with Crippen LogP contribution in [0.5, 0.6) is 0 Å². The van der Waals surface area contributed by atoms with Crippen molar-refractivity contribution < 1.29 is 9.90 Å². The van der Waals surface area contributed by atoms with Gasteiger partial charge < -0.3 is 15.7 Å². The van der Waals surface area contributed by atoms with Crippen molar-refractivity contribution in [2.75, 3.05) is 13.1 Å². The zero-order valence-corrected chi connectivity index (χ0v) is 10.8. The number of hydrogen-bond donors (Lipinski definition) is 2. The number of pyridine rings is 1. The summed E-state index contributed by atoms with van der Waals surface area (Å²) in [4.78, 5) is 17.6. The third-order valence-electron chi connectivity index (χ3n) is 3.09. The van der Waals surface area contributed by atoms with Crippen LogP contribution in [0, 0.1) is 0 Å². The van der Waals surface area contributed by atoms with E-state index in [4.69, 9.17) is 5.73 Å². The molecule has 6 heteroatoms. The Kier molecular flexibility index (Phi) is 5.53. The first-order chi connectivity index (χ1) is 8.20. The predicted octanol–water partition coefficient (Wildman–Crippen LogP) is 0.486. The highest BCUT2D eigenvalue weighted by atomic mass is 35.5. The fourth-order valence-electron chi connectivity index (χ4n) is 2.05. The average Bonchev–Trinajstić information content (AvgIpc) is 2.91. The van der Waals surface area contributed by atoms with Gasteiger partial charge in [0.2, 0.25) is 5.91 Å². The second kappa shape index (κ2) is 6.68. The molecule has 0 radical (unpaired) electrons. The Labute approximate surface area is 112 Å². The molecule has 0 unspecified atom stereocenters. The number of aromatic nitrogens is 1. The molecule has 1 saturated heterocycles. The van der Waals surface area contributed by atoms with Crippen molar-refractivity contribution in [3.63, 3.8) is 0 Å². The first-order valence-electron chi connectivity index (χ1n) is 5.82. The van der Waals surface area contributed by atoms with E-state index in [1.807, 2.05) is 0 Å². The number of amides is 1. The Morgan fingerprint density at radius 1 is 1.33 bits per heavy atom. The topological polar surface area (TPSA) is 79.5 Å². The van der Waals surface area contributed by atoms with Crippen molar-refractivity contribution in [1.29, 1.82) is 0 Å². The lowest BCUT2D eigenvalue weighted by atomic mass is 10.0. The largest absolute Gasteiger partial charge is 0.386 e. The highest BCUT2D eigenvalue weighted by Crippen LogP contribution is 2.18. The second-order valence-corrected chi connectivity index (χ2v) is 4.28. The van der Waals surface area contributed by atoms with Gasteiger partial charge >= 0.3 is 0 Å². The van der Waals surface area contributed by atoms with Gasteiger partial charge in [0.25, 0.3) is 0 Å². The van der Waals surface area contributed by atoms with E-state index < -0.39 is 12.1 Å². The van der Waals surface area contributed by atoms with Crippen molar-refractivity contribution in [2.24, 2.45) is 5.73 Å². The maximum Gasteiger partial charge on any atom is 0.242 e. The molecular formula is C12H18ClN3O2. The molecule has 18 heavy (non-hydrogen) atoms. The average molecular weight is 272 g/mol. The summed E-state index contributed by atoms with van der Waals surface area (Å²) in [6.07, 6.45) is 4.22. The molecule has 0 bridgehead atoms. The van der Waals surface area contributed by atoms with E-state index in [1.54, 1.807) is 29.4 Å². The van der Waals surface area contributed by atoms with Crippen molar-refractivity contribution in [2.45, 2.75) is 25.0 Å². The number of rotatable bonds is 3. The molecule has 0 aliphatic carbocycles. The van der Waals surface area contributed by atoms with E-state index in [-0.39, 0.29) is 18.3 Å². The Balaban J connectivity index is 0.00000162. The lowest BCUT2D eigenvalue weighted by molar-refractivity contribution is -0.134. The first kappa shape index (κ1) is 14.9. The molecule has 1 aliphatic heterocycles. The smallest absolute Gasteiger partial charge is 0.242 e. The van der Waals surface area contributed by atoms with Gasteiger partial charge in [0, 0.05) is 25.5 Å². The van der Waals surface area contributed by atoms with Crippen LogP contribution in [-0.4, -0.2) is 40.0 Å². The zero-order chi connectivity index (χ0) is 12.3. The van der Waals surface area contributed by atoms with E-state index in [9.17, 15) is 9.90 Å². The Bertz CT molecular complexity index is 382. The van der Waals surface area contributed by atoms with Crippen LogP contribution in [0.4, 0.5) is 0 Å². The standard InChI is InChI=1S/C12H17N3O2.ClH/c13-10(12(17)15-7-1-2-8-15)11(16)9-3-5-14-6-4-9;/h3-6,10-11,16H,1-2,7-8,13H2;1H/t10-,11+;/m1./s1. The van der Waals surface area contributed by atoms with Gasteiger partial charge in [-0.05, 0) is 30.5 Å². The van der Waals surface area contributed by atoms with E-state index >= 15 is 0 Å². The van der Waals surface area contributed by atoms with Crippen LogP contribution in [0.3, 0.4) is 0 Å². The SMILES string of the molecule is Cl.N[C@@H](C(=O)N1CCCC1)[C@@H](O)c1ccncc1. The number of halogens is 1. The van der Waals surface area contributed by atoms with Gasteiger partial charge in [0.15, 0.2) is 0 Å². The molecule has 0 spiro atoms. The first-order valence-corrected chi connectivity index (χ1v) is 5.82. The molecule has 3 N–H and O–H groups in total. The minimum Gasteiger partial charge on any atom is -0.386 e. The van der Waals surface area contributed by atoms with Gasteiger partial charge in [-0.1, -0.05) is 0 Å². The maximum absolute atomic E-state index is 12.0. The van der Waals surface area contributed by atoms with Gasteiger partial charge in [-0.3, -0.25) is 9.78 Å². The van der Waals surface area contributed by atoms with Crippen LogP contribution in [-0.2, 0) is 4.79 Å². The summed E-state index contributed by atoms with van der Waals surface area (Å²) in [5.74, 6) is -0.174. The van der Waals surface area contributed by atoms with Crippen molar-refractivity contribution in [1.82, 2.24) is 9.88 Å². The monoisotopic (exact) mass is 271 g/mol. The molecule has 2 rings (SSSR count). The van der Waals surface area contributed by atoms with Crippen LogP contribution < -0.4 is 5.73 Å². The van der Waals surface area contributed by atoms with Gasteiger partial charge in [0.05, 0.1) is 0 Å². The van der Waals surface area contributed by atoms with Crippen LogP contribution >= 0.6 is 12.4 Å². The molecule has 1 amide bonds. The number of likely N-dealkylation sites (tertiary alicyclic amines) is 1. The highest BCUT2D eigenvalue weighted by molar-refractivity contribution is 5.85. The highest BCUT2D eigenvalue weighted by Gasteiger charge is 2.29.